The maximum Gasteiger partial charge on any atom is 0.251 e. The molecule has 1 unspecified atom stereocenters. The van der Waals surface area contributed by atoms with Crippen LogP contribution < -0.4 is 5.32 Å². The molecule has 25 heavy (non-hydrogen) atoms. The summed E-state index contributed by atoms with van der Waals surface area (Å²) < 4.78 is 1.81. The second-order valence-corrected chi connectivity index (χ2v) is 6.95. The topological polar surface area (TPSA) is 67.2 Å². The first-order valence-electron chi connectivity index (χ1n) is 8.98. The number of likely N-dealkylation sites (tertiary alicyclic amines) is 1. The molecule has 0 saturated carbocycles. The van der Waals surface area contributed by atoms with Crippen molar-refractivity contribution in [3.05, 3.63) is 35.9 Å². The molecule has 1 radical (unpaired) electrons. The molecule has 1 atom stereocenters. The van der Waals surface area contributed by atoms with Crippen molar-refractivity contribution >= 4 is 22.7 Å². The maximum absolute atomic E-state index is 12.3. The van der Waals surface area contributed by atoms with Crippen LogP contribution in [0.2, 0.25) is 0 Å². The van der Waals surface area contributed by atoms with Gasteiger partial charge < -0.3 is 0 Å². The molecule has 0 spiro atoms. The highest BCUT2D eigenvalue weighted by atomic mass is 16.2. The first-order valence-corrected chi connectivity index (χ1v) is 8.98. The second kappa shape index (κ2) is 6.59. The van der Waals surface area contributed by atoms with Gasteiger partial charge in [-0.25, -0.2) is 0 Å². The summed E-state index contributed by atoms with van der Waals surface area (Å²) in [5, 5.41) is 8.23. The molecule has 2 aliphatic rings. The smallest absolute Gasteiger partial charge is 0.251 e. The van der Waals surface area contributed by atoms with Gasteiger partial charge in [-0.3, -0.25) is 24.5 Å². The summed E-state index contributed by atoms with van der Waals surface area (Å²) in [6, 6.07) is 5.81. The molecule has 1 N–H and O–H groups in total. The summed E-state index contributed by atoms with van der Waals surface area (Å²) in [5.41, 5.74) is 3.18. The van der Waals surface area contributed by atoms with Gasteiger partial charge in [-0.05, 0) is 57.3 Å². The van der Waals surface area contributed by atoms with Crippen LogP contribution in [0.3, 0.4) is 0 Å². The lowest BCUT2D eigenvalue weighted by Crippen LogP contribution is -2.42. The van der Waals surface area contributed by atoms with Gasteiger partial charge >= 0.3 is 0 Å². The number of piperidine rings is 2. The Morgan fingerprint density at radius 2 is 2.04 bits per heavy atom. The quantitative estimate of drug-likeness (QED) is 0.870. The van der Waals surface area contributed by atoms with Crippen molar-refractivity contribution in [2.75, 3.05) is 13.1 Å². The number of nitrogens with zero attached hydrogens (tertiary/aromatic N) is 3. The Morgan fingerprint density at radius 3 is 2.80 bits per heavy atom. The van der Waals surface area contributed by atoms with E-state index in [0.29, 0.717) is 12.8 Å². The lowest BCUT2D eigenvalue weighted by molar-refractivity contribution is -0.135. The number of carbonyl (C=O) groups is 2. The van der Waals surface area contributed by atoms with Crippen LogP contribution in [0.5, 0.6) is 0 Å². The van der Waals surface area contributed by atoms with Crippen LogP contribution in [0.15, 0.2) is 18.2 Å². The number of benzene rings is 1. The molecule has 4 rings (SSSR count). The van der Waals surface area contributed by atoms with Gasteiger partial charge in [0, 0.05) is 18.4 Å². The lowest BCUT2D eigenvalue weighted by Gasteiger charge is -2.26. The lowest BCUT2D eigenvalue weighted by atomic mass is 10.0. The Labute approximate surface area is 147 Å². The van der Waals surface area contributed by atoms with Crippen LogP contribution in [-0.4, -0.2) is 39.6 Å². The van der Waals surface area contributed by atoms with E-state index in [9.17, 15) is 9.59 Å². The average Bonchev–Trinajstić information content (AvgIpc) is 2.94. The van der Waals surface area contributed by atoms with E-state index in [2.05, 4.69) is 27.8 Å². The van der Waals surface area contributed by atoms with Crippen molar-refractivity contribution in [2.45, 2.75) is 45.2 Å². The highest BCUT2D eigenvalue weighted by Crippen LogP contribution is 2.29. The molecule has 1 aromatic carbocycles. The number of rotatable bonds is 3. The second-order valence-electron chi connectivity index (χ2n) is 6.95. The van der Waals surface area contributed by atoms with E-state index in [1.165, 1.54) is 5.56 Å². The van der Waals surface area contributed by atoms with Gasteiger partial charge in [0.2, 0.25) is 5.91 Å². The Kier molecular flexibility index (Phi) is 4.29. The maximum atomic E-state index is 12.3. The Bertz CT molecular complexity index is 820. The van der Waals surface area contributed by atoms with Crippen molar-refractivity contribution in [2.24, 2.45) is 0 Å². The molecular weight excluding hydrogens is 316 g/mol. The number of aryl methyl sites for hydroxylation is 1. The molecule has 1 aromatic heterocycles. The molecule has 6 nitrogen and oxygen atoms in total. The van der Waals surface area contributed by atoms with Crippen molar-refractivity contribution in [1.82, 2.24) is 20.0 Å². The zero-order valence-corrected chi connectivity index (χ0v) is 14.5. The Morgan fingerprint density at radius 1 is 1.24 bits per heavy atom. The summed E-state index contributed by atoms with van der Waals surface area (Å²) in [4.78, 5) is 26.2. The number of fused-ring (bicyclic) bond motifs is 1. The number of carbonyl (C=O) groups excluding carboxylic acids is 2. The first kappa shape index (κ1) is 16.3. The summed E-state index contributed by atoms with van der Waals surface area (Å²) >= 11 is 0. The molecular formula is C19H23N4O2. The molecule has 3 heterocycles. The van der Waals surface area contributed by atoms with Crippen molar-refractivity contribution in [3.8, 4) is 0 Å². The van der Waals surface area contributed by atoms with E-state index in [-0.39, 0.29) is 11.8 Å². The van der Waals surface area contributed by atoms with Crippen molar-refractivity contribution in [1.29, 1.82) is 0 Å². The minimum absolute atomic E-state index is 0.197. The number of nitrogens with one attached hydrogen (secondary N) is 1. The molecule has 2 aliphatic heterocycles. The monoisotopic (exact) mass is 339 g/mol. The van der Waals surface area contributed by atoms with Crippen molar-refractivity contribution < 1.29 is 9.59 Å². The summed E-state index contributed by atoms with van der Waals surface area (Å²) in [7, 11) is 0. The van der Waals surface area contributed by atoms with Gasteiger partial charge in [0.05, 0.1) is 11.2 Å². The SMILES string of the molecule is Cc1nn(C2CCC(=O)NC2=O)c2cccc(CN3CC[CH]CC3)c12. The van der Waals surface area contributed by atoms with Gasteiger partial charge in [0.25, 0.3) is 5.91 Å². The Balaban J connectivity index is 1.69. The third kappa shape index (κ3) is 3.06. The fourth-order valence-electron chi connectivity index (χ4n) is 3.95. The molecule has 0 bridgehead atoms. The van der Waals surface area contributed by atoms with E-state index in [1.807, 2.05) is 19.1 Å². The Hall–Kier alpha value is -2.21. The molecule has 6 heteroatoms. The van der Waals surface area contributed by atoms with Crippen LogP contribution in [0.25, 0.3) is 10.9 Å². The van der Waals surface area contributed by atoms with E-state index in [0.717, 1.165) is 49.1 Å². The van der Waals surface area contributed by atoms with Crippen molar-refractivity contribution in [3.63, 3.8) is 0 Å². The standard InChI is InChI=1S/C19H23N4O2/c1-13-18-14(12-22-10-3-2-4-11-22)6-5-7-15(18)23(21-13)16-8-9-17(24)20-19(16)25/h2,5-7,16H,3-4,8-12H2,1H3,(H,20,24,25). The van der Waals surface area contributed by atoms with Gasteiger partial charge in [-0.15, -0.1) is 0 Å². The minimum atomic E-state index is -0.409. The fraction of sp³-hybridized carbons (Fsp3) is 0.474. The van der Waals surface area contributed by atoms with E-state index in [1.54, 1.807) is 4.68 Å². The highest BCUT2D eigenvalue weighted by molar-refractivity contribution is 6.00. The van der Waals surface area contributed by atoms with Crippen LogP contribution in [0.4, 0.5) is 0 Å². The van der Waals surface area contributed by atoms with Gasteiger partial charge in [-0.2, -0.15) is 5.10 Å². The minimum Gasteiger partial charge on any atom is -0.299 e. The zero-order chi connectivity index (χ0) is 17.4. The predicted octanol–water partition coefficient (Wildman–Crippen LogP) is 2.12. The van der Waals surface area contributed by atoms with Crippen LogP contribution in [0.1, 0.15) is 43.0 Å². The third-order valence-electron chi connectivity index (χ3n) is 5.19. The number of aromatic nitrogens is 2. The van der Waals surface area contributed by atoms with Crippen LogP contribution in [0, 0.1) is 13.3 Å². The first-order chi connectivity index (χ1) is 12.1. The molecule has 0 aliphatic carbocycles. The summed E-state index contributed by atoms with van der Waals surface area (Å²) in [6.07, 6.45) is 5.51. The average molecular weight is 339 g/mol. The van der Waals surface area contributed by atoms with Gasteiger partial charge in [-0.1, -0.05) is 12.1 Å². The fourth-order valence-corrected chi connectivity index (χ4v) is 3.95. The molecule has 2 amide bonds. The normalized spacial score (nSPS) is 22.4. The van der Waals surface area contributed by atoms with E-state index < -0.39 is 6.04 Å². The van der Waals surface area contributed by atoms with E-state index >= 15 is 0 Å². The molecule has 2 fully saturated rings. The third-order valence-corrected chi connectivity index (χ3v) is 5.19. The number of hydrogen-bond acceptors (Lipinski definition) is 4. The summed E-state index contributed by atoms with van der Waals surface area (Å²) in [6.45, 7) is 5.10. The van der Waals surface area contributed by atoms with Crippen LogP contribution in [-0.2, 0) is 16.1 Å². The van der Waals surface area contributed by atoms with Crippen LogP contribution >= 0.6 is 0 Å². The number of imide groups is 1. The van der Waals surface area contributed by atoms with Gasteiger partial charge in [0.15, 0.2) is 0 Å². The summed E-state index contributed by atoms with van der Waals surface area (Å²) in [5.74, 6) is -0.449. The predicted molar refractivity (Wildman–Crippen MR) is 94.7 cm³/mol. The number of amides is 2. The molecule has 2 saturated heterocycles. The molecule has 131 valence electrons. The zero-order valence-electron chi connectivity index (χ0n) is 14.5. The largest absolute Gasteiger partial charge is 0.299 e. The molecule has 2 aromatic rings. The van der Waals surface area contributed by atoms with E-state index in [4.69, 9.17) is 0 Å². The number of hydrogen-bond donors (Lipinski definition) is 1. The van der Waals surface area contributed by atoms with Gasteiger partial charge in [0.1, 0.15) is 6.04 Å². The highest BCUT2D eigenvalue weighted by Gasteiger charge is 2.30.